The first-order valence-corrected chi connectivity index (χ1v) is 12.6. The molecule has 4 rings (SSSR count). The summed E-state index contributed by atoms with van der Waals surface area (Å²) < 4.78 is 7.53. The van der Waals surface area contributed by atoms with Gasteiger partial charge in [-0.1, -0.05) is 61.2 Å². The molecule has 4 aromatic rings. The lowest BCUT2D eigenvalue weighted by molar-refractivity contribution is 0.0795. The molecular weight excluding hydrogens is 456 g/mol. The Morgan fingerprint density at radius 3 is 2.51 bits per heavy atom. The number of carbonyl (C=O) groups excluding carboxylic acids is 1. The van der Waals surface area contributed by atoms with Crippen molar-refractivity contribution in [3.63, 3.8) is 0 Å². The molecule has 0 radical (unpaired) electrons. The second kappa shape index (κ2) is 11.2. The summed E-state index contributed by atoms with van der Waals surface area (Å²) in [7, 11) is 3.50. The van der Waals surface area contributed by atoms with E-state index in [0.29, 0.717) is 11.3 Å². The quantitative estimate of drug-likeness (QED) is 0.271. The van der Waals surface area contributed by atoms with Crippen molar-refractivity contribution in [3.8, 4) is 22.8 Å². The third kappa shape index (κ3) is 5.57. The summed E-state index contributed by atoms with van der Waals surface area (Å²) in [5, 5.41) is 9.90. The van der Waals surface area contributed by atoms with Crippen LogP contribution in [0.15, 0.2) is 78.0 Å². The number of rotatable bonds is 9. The number of nitrogens with zero attached hydrogens (tertiary/aromatic N) is 4. The second-order valence-corrected chi connectivity index (χ2v) is 9.31. The zero-order valence-corrected chi connectivity index (χ0v) is 21.4. The van der Waals surface area contributed by atoms with Gasteiger partial charge in [0.1, 0.15) is 5.75 Å². The van der Waals surface area contributed by atoms with Gasteiger partial charge in [0.05, 0.1) is 12.8 Å². The molecule has 1 aromatic heterocycles. The van der Waals surface area contributed by atoms with Crippen LogP contribution in [0.25, 0.3) is 17.1 Å². The fourth-order valence-corrected chi connectivity index (χ4v) is 4.79. The van der Waals surface area contributed by atoms with Crippen molar-refractivity contribution in [2.24, 2.45) is 0 Å². The van der Waals surface area contributed by atoms with Crippen molar-refractivity contribution < 1.29 is 9.53 Å². The molecule has 0 unspecified atom stereocenters. The minimum atomic E-state index is 0.0493. The highest BCUT2D eigenvalue weighted by molar-refractivity contribution is 7.98. The van der Waals surface area contributed by atoms with E-state index in [2.05, 4.69) is 40.7 Å². The number of thioether (sulfide) groups is 1. The van der Waals surface area contributed by atoms with Crippen molar-refractivity contribution >= 4 is 17.7 Å². The van der Waals surface area contributed by atoms with Gasteiger partial charge in [-0.15, -0.1) is 10.2 Å². The minimum Gasteiger partial charge on any atom is -0.497 e. The van der Waals surface area contributed by atoms with E-state index in [0.717, 1.165) is 52.1 Å². The van der Waals surface area contributed by atoms with E-state index in [1.807, 2.05) is 67.7 Å². The predicted molar refractivity (Wildman–Crippen MR) is 141 cm³/mol. The summed E-state index contributed by atoms with van der Waals surface area (Å²) in [4.78, 5) is 14.3. The van der Waals surface area contributed by atoms with Crippen LogP contribution in [0.5, 0.6) is 5.75 Å². The summed E-state index contributed by atoms with van der Waals surface area (Å²) in [6, 6.07) is 23.9. The zero-order chi connectivity index (χ0) is 24.8. The molecule has 0 saturated heterocycles. The second-order valence-electron chi connectivity index (χ2n) is 8.37. The van der Waals surface area contributed by atoms with Gasteiger partial charge in [-0.2, -0.15) is 0 Å². The van der Waals surface area contributed by atoms with Gasteiger partial charge >= 0.3 is 0 Å². The van der Waals surface area contributed by atoms with Crippen molar-refractivity contribution in [2.75, 3.05) is 20.7 Å². The molecular formula is C28H30N4O2S. The van der Waals surface area contributed by atoms with Crippen molar-refractivity contribution in [1.29, 1.82) is 0 Å². The predicted octanol–water partition coefficient (Wildman–Crippen LogP) is 6.03. The van der Waals surface area contributed by atoms with E-state index < -0.39 is 0 Å². The van der Waals surface area contributed by atoms with Crippen molar-refractivity contribution in [2.45, 2.75) is 31.2 Å². The highest BCUT2D eigenvalue weighted by atomic mass is 32.2. The summed E-state index contributed by atoms with van der Waals surface area (Å²) in [5.41, 5.74) is 4.94. The summed E-state index contributed by atoms with van der Waals surface area (Å²) in [5.74, 6) is 2.30. The molecule has 1 heterocycles. The average Bonchev–Trinajstić information content (AvgIpc) is 3.31. The van der Waals surface area contributed by atoms with Crippen LogP contribution in [0.2, 0.25) is 0 Å². The molecule has 35 heavy (non-hydrogen) atoms. The van der Waals surface area contributed by atoms with Gasteiger partial charge in [0.25, 0.3) is 5.91 Å². The molecule has 0 atom stereocenters. The third-order valence-corrected chi connectivity index (χ3v) is 6.79. The van der Waals surface area contributed by atoms with E-state index in [-0.39, 0.29) is 5.91 Å². The van der Waals surface area contributed by atoms with Gasteiger partial charge < -0.3 is 9.64 Å². The lowest BCUT2D eigenvalue weighted by Gasteiger charge is -2.16. The van der Waals surface area contributed by atoms with Crippen LogP contribution in [0.1, 0.15) is 34.8 Å². The number of hydrogen-bond acceptors (Lipinski definition) is 5. The minimum absolute atomic E-state index is 0.0493. The highest BCUT2D eigenvalue weighted by Gasteiger charge is 2.18. The van der Waals surface area contributed by atoms with Gasteiger partial charge in [0.2, 0.25) is 0 Å². The van der Waals surface area contributed by atoms with Crippen LogP contribution in [-0.4, -0.2) is 46.3 Å². The summed E-state index contributed by atoms with van der Waals surface area (Å²) in [6.45, 7) is 4.91. The standard InChI is InChI=1S/C28H30N4O2S/c1-5-17-31(3)27(33)22-15-13-21(14-16-22)19-35-28-30-29-26(23-10-8-11-24(18-23)34-4)32(28)25-12-7-6-9-20(25)2/h6-16,18H,5,17,19H2,1-4H3. The van der Waals surface area contributed by atoms with Crippen LogP contribution in [0, 0.1) is 6.92 Å². The molecule has 6 nitrogen and oxygen atoms in total. The number of carbonyl (C=O) groups is 1. The lowest BCUT2D eigenvalue weighted by Crippen LogP contribution is -2.27. The van der Waals surface area contributed by atoms with E-state index in [9.17, 15) is 4.79 Å². The number of aromatic nitrogens is 3. The first-order valence-electron chi connectivity index (χ1n) is 11.6. The van der Waals surface area contributed by atoms with Gasteiger partial charge in [-0.3, -0.25) is 9.36 Å². The molecule has 0 bridgehead atoms. The van der Waals surface area contributed by atoms with Crippen molar-refractivity contribution in [1.82, 2.24) is 19.7 Å². The lowest BCUT2D eigenvalue weighted by atomic mass is 10.1. The Hall–Kier alpha value is -3.58. The third-order valence-electron chi connectivity index (χ3n) is 5.79. The largest absolute Gasteiger partial charge is 0.497 e. The van der Waals surface area contributed by atoms with E-state index >= 15 is 0 Å². The Labute approximate surface area is 211 Å². The number of amides is 1. The first-order chi connectivity index (χ1) is 17.0. The Bertz CT molecular complexity index is 1300. The molecule has 7 heteroatoms. The van der Waals surface area contributed by atoms with Crippen LogP contribution in [-0.2, 0) is 5.75 Å². The molecule has 0 aliphatic heterocycles. The molecule has 0 spiro atoms. The number of benzene rings is 3. The van der Waals surface area contributed by atoms with Gasteiger partial charge in [0, 0.05) is 30.5 Å². The smallest absolute Gasteiger partial charge is 0.253 e. The molecule has 180 valence electrons. The van der Waals surface area contributed by atoms with E-state index in [1.54, 1.807) is 23.8 Å². The number of methoxy groups -OCH3 is 1. The van der Waals surface area contributed by atoms with Crippen LogP contribution < -0.4 is 4.74 Å². The molecule has 1 amide bonds. The number of ether oxygens (including phenoxy) is 1. The average molecular weight is 487 g/mol. The molecule has 0 saturated carbocycles. The highest BCUT2D eigenvalue weighted by Crippen LogP contribution is 2.32. The molecule has 0 aliphatic rings. The molecule has 0 fully saturated rings. The maximum atomic E-state index is 12.5. The number of para-hydroxylation sites is 1. The maximum absolute atomic E-state index is 12.5. The Morgan fingerprint density at radius 1 is 1.03 bits per heavy atom. The monoisotopic (exact) mass is 486 g/mol. The fourth-order valence-electron chi connectivity index (χ4n) is 3.89. The Balaban J connectivity index is 1.61. The SMILES string of the molecule is CCCN(C)C(=O)c1ccc(CSc2nnc(-c3cccc(OC)c3)n2-c2ccccc2C)cc1. The first kappa shape index (κ1) is 24.5. The molecule has 0 aliphatic carbocycles. The maximum Gasteiger partial charge on any atom is 0.253 e. The normalized spacial score (nSPS) is 10.9. The van der Waals surface area contributed by atoms with Gasteiger partial charge in [-0.25, -0.2) is 0 Å². The van der Waals surface area contributed by atoms with Crippen LogP contribution in [0.4, 0.5) is 0 Å². The van der Waals surface area contributed by atoms with Gasteiger partial charge in [0.15, 0.2) is 11.0 Å². The van der Waals surface area contributed by atoms with Crippen LogP contribution in [0.3, 0.4) is 0 Å². The van der Waals surface area contributed by atoms with Crippen molar-refractivity contribution in [3.05, 3.63) is 89.5 Å². The molecule has 3 aromatic carbocycles. The Morgan fingerprint density at radius 2 is 1.80 bits per heavy atom. The fraction of sp³-hybridized carbons (Fsp3) is 0.250. The summed E-state index contributed by atoms with van der Waals surface area (Å²) in [6.07, 6.45) is 0.941. The summed E-state index contributed by atoms with van der Waals surface area (Å²) >= 11 is 1.62. The van der Waals surface area contributed by atoms with Crippen LogP contribution >= 0.6 is 11.8 Å². The van der Waals surface area contributed by atoms with E-state index in [4.69, 9.17) is 4.74 Å². The van der Waals surface area contributed by atoms with Gasteiger partial charge in [-0.05, 0) is 54.8 Å². The topological polar surface area (TPSA) is 60.3 Å². The molecule has 0 N–H and O–H groups in total. The number of hydrogen-bond donors (Lipinski definition) is 0. The Kier molecular flexibility index (Phi) is 7.87. The zero-order valence-electron chi connectivity index (χ0n) is 20.6. The van der Waals surface area contributed by atoms with E-state index in [1.165, 1.54) is 0 Å². The number of aryl methyl sites for hydroxylation is 1.